The summed E-state index contributed by atoms with van der Waals surface area (Å²) in [6.07, 6.45) is 2.95. The number of para-hydroxylation sites is 1. The molecule has 138 valence electrons. The van der Waals surface area contributed by atoms with Crippen molar-refractivity contribution in [1.29, 1.82) is 0 Å². The minimum absolute atomic E-state index is 0.00626. The van der Waals surface area contributed by atoms with Gasteiger partial charge in [-0.05, 0) is 35.9 Å². The molecule has 0 fully saturated rings. The Balaban J connectivity index is 1.43. The first-order valence-corrected chi connectivity index (χ1v) is 9.83. The quantitative estimate of drug-likeness (QED) is 0.285. The molecular formula is C19H12N4O3S2. The number of hydrogen-bond donors (Lipinski definition) is 1. The highest BCUT2D eigenvalue weighted by atomic mass is 32.1. The lowest BCUT2D eigenvalue weighted by atomic mass is 10.2. The van der Waals surface area contributed by atoms with E-state index in [9.17, 15) is 14.9 Å². The highest BCUT2D eigenvalue weighted by Gasteiger charge is 2.11. The molecule has 0 saturated carbocycles. The van der Waals surface area contributed by atoms with E-state index in [1.165, 1.54) is 29.5 Å². The Morgan fingerprint density at radius 3 is 2.64 bits per heavy atom. The highest BCUT2D eigenvalue weighted by molar-refractivity contribution is 7.22. The third-order valence-corrected chi connectivity index (χ3v) is 5.60. The van der Waals surface area contributed by atoms with Crippen molar-refractivity contribution in [2.75, 3.05) is 5.32 Å². The van der Waals surface area contributed by atoms with E-state index < -0.39 is 4.92 Å². The summed E-state index contributed by atoms with van der Waals surface area (Å²) < 4.78 is 1.09. The molecule has 2 heterocycles. The summed E-state index contributed by atoms with van der Waals surface area (Å²) in [5.41, 5.74) is 2.34. The van der Waals surface area contributed by atoms with Gasteiger partial charge in [0.25, 0.3) is 5.69 Å². The van der Waals surface area contributed by atoms with E-state index in [0.29, 0.717) is 10.7 Å². The van der Waals surface area contributed by atoms with Crippen molar-refractivity contribution in [3.05, 3.63) is 75.7 Å². The van der Waals surface area contributed by atoms with Crippen molar-refractivity contribution < 1.29 is 9.72 Å². The molecule has 4 rings (SSSR count). The van der Waals surface area contributed by atoms with Crippen LogP contribution in [0, 0.1) is 10.1 Å². The number of nitrogens with one attached hydrogen (secondary N) is 1. The molecule has 0 aliphatic heterocycles. The van der Waals surface area contributed by atoms with Crippen LogP contribution in [-0.4, -0.2) is 20.8 Å². The normalized spacial score (nSPS) is 11.1. The van der Waals surface area contributed by atoms with Gasteiger partial charge >= 0.3 is 0 Å². The number of amides is 1. The number of nitro benzene ring substituents is 1. The second kappa shape index (κ2) is 7.67. The number of anilines is 1. The summed E-state index contributed by atoms with van der Waals surface area (Å²) in [6.45, 7) is 0. The fraction of sp³-hybridized carbons (Fsp3) is 0. The summed E-state index contributed by atoms with van der Waals surface area (Å²) in [7, 11) is 0. The Kier molecular flexibility index (Phi) is 4.92. The number of carbonyl (C=O) groups excluding carboxylic acids is 1. The predicted octanol–water partition coefficient (Wildman–Crippen LogP) is 4.98. The van der Waals surface area contributed by atoms with E-state index in [2.05, 4.69) is 15.3 Å². The number of carbonyl (C=O) groups is 1. The van der Waals surface area contributed by atoms with E-state index in [4.69, 9.17) is 0 Å². The zero-order valence-electron chi connectivity index (χ0n) is 14.2. The first-order valence-electron chi connectivity index (χ1n) is 8.13. The SMILES string of the molecule is O=C(/C=C/c1ccc([N+](=O)[O-])cc1)Nc1nc(-c2nc3ccccc3s2)cs1. The molecule has 2 aromatic carbocycles. The average Bonchev–Trinajstić information content (AvgIpc) is 3.33. The van der Waals surface area contributed by atoms with Gasteiger partial charge < -0.3 is 0 Å². The summed E-state index contributed by atoms with van der Waals surface area (Å²) in [5.74, 6) is -0.330. The first kappa shape index (κ1) is 18.0. The smallest absolute Gasteiger partial charge is 0.269 e. The number of nitro groups is 1. The Bertz CT molecular complexity index is 1160. The number of hydrogen-bond acceptors (Lipinski definition) is 7. The molecule has 9 heteroatoms. The van der Waals surface area contributed by atoms with E-state index in [0.717, 1.165) is 20.9 Å². The molecule has 4 aromatic rings. The zero-order chi connectivity index (χ0) is 19.5. The Hall–Kier alpha value is -3.43. The molecule has 0 bridgehead atoms. The summed E-state index contributed by atoms with van der Waals surface area (Å²) >= 11 is 2.88. The second-order valence-corrected chi connectivity index (χ2v) is 7.58. The topological polar surface area (TPSA) is 98.0 Å². The summed E-state index contributed by atoms with van der Waals surface area (Å²) in [4.78, 5) is 31.3. The molecule has 0 aliphatic rings. The molecule has 1 amide bonds. The Morgan fingerprint density at radius 2 is 1.89 bits per heavy atom. The van der Waals surface area contributed by atoms with Crippen LogP contribution < -0.4 is 5.32 Å². The molecule has 0 atom stereocenters. The average molecular weight is 408 g/mol. The van der Waals surface area contributed by atoms with Gasteiger partial charge in [0.1, 0.15) is 10.7 Å². The summed E-state index contributed by atoms with van der Waals surface area (Å²) in [6, 6.07) is 13.8. The van der Waals surface area contributed by atoms with Crippen LogP contribution in [0.4, 0.5) is 10.8 Å². The lowest BCUT2D eigenvalue weighted by molar-refractivity contribution is -0.384. The molecule has 0 radical (unpaired) electrons. The monoisotopic (exact) mass is 408 g/mol. The molecule has 0 saturated heterocycles. The van der Waals surface area contributed by atoms with Gasteiger partial charge in [-0.1, -0.05) is 12.1 Å². The van der Waals surface area contributed by atoms with Gasteiger partial charge in [-0.25, -0.2) is 9.97 Å². The maximum absolute atomic E-state index is 12.1. The van der Waals surface area contributed by atoms with Crippen LogP contribution in [0.3, 0.4) is 0 Å². The van der Waals surface area contributed by atoms with Crippen LogP contribution in [0.25, 0.3) is 27.0 Å². The van der Waals surface area contributed by atoms with Crippen molar-refractivity contribution >= 4 is 55.7 Å². The molecule has 28 heavy (non-hydrogen) atoms. The second-order valence-electron chi connectivity index (χ2n) is 5.70. The highest BCUT2D eigenvalue weighted by Crippen LogP contribution is 2.31. The summed E-state index contributed by atoms with van der Waals surface area (Å²) in [5, 5.41) is 16.5. The van der Waals surface area contributed by atoms with E-state index in [1.54, 1.807) is 29.5 Å². The minimum Gasteiger partial charge on any atom is -0.298 e. The van der Waals surface area contributed by atoms with E-state index >= 15 is 0 Å². The van der Waals surface area contributed by atoms with Crippen molar-refractivity contribution in [3.63, 3.8) is 0 Å². The molecule has 7 nitrogen and oxygen atoms in total. The van der Waals surface area contributed by atoms with Crippen LogP contribution in [0.2, 0.25) is 0 Å². The number of aromatic nitrogens is 2. The van der Waals surface area contributed by atoms with Crippen LogP contribution >= 0.6 is 22.7 Å². The fourth-order valence-electron chi connectivity index (χ4n) is 2.44. The molecule has 0 spiro atoms. The maximum Gasteiger partial charge on any atom is 0.269 e. The molecule has 2 aromatic heterocycles. The number of thiazole rings is 2. The van der Waals surface area contributed by atoms with Crippen molar-refractivity contribution in [2.24, 2.45) is 0 Å². The van der Waals surface area contributed by atoms with Gasteiger partial charge in [-0.3, -0.25) is 20.2 Å². The van der Waals surface area contributed by atoms with Crippen molar-refractivity contribution in [1.82, 2.24) is 9.97 Å². The fourth-order valence-corrected chi connectivity index (χ4v) is 4.14. The van der Waals surface area contributed by atoms with Gasteiger partial charge in [0.2, 0.25) is 5.91 Å². The third kappa shape index (κ3) is 3.95. The number of fused-ring (bicyclic) bond motifs is 1. The maximum atomic E-state index is 12.1. The number of rotatable bonds is 5. The number of benzene rings is 2. The minimum atomic E-state index is -0.467. The third-order valence-electron chi connectivity index (χ3n) is 3.78. The first-order chi connectivity index (χ1) is 13.6. The van der Waals surface area contributed by atoms with Gasteiger partial charge in [0.15, 0.2) is 5.13 Å². The van der Waals surface area contributed by atoms with Gasteiger partial charge in [0.05, 0.1) is 15.1 Å². The van der Waals surface area contributed by atoms with Crippen molar-refractivity contribution in [3.8, 4) is 10.7 Å². The Morgan fingerprint density at radius 1 is 1.11 bits per heavy atom. The van der Waals surface area contributed by atoms with Gasteiger partial charge in [-0.15, -0.1) is 22.7 Å². The van der Waals surface area contributed by atoms with Crippen molar-refractivity contribution in [2.45, 2.75) is 0 Å². The van der Waals surface area contributed by atoms with Gasteiger partial charge in [0, 0.05) is 23.6 Å². The number of nitrogens with zero attached hydrogens (tertiary/aromatic N) is 3. The zero-order valence-corrected chi connectivity index (χ0v) is 15.9. The van der Waals surface area contributed by atoms with Crippen LogP contribution in [-0.2, 0) is 4.79 Å². The molecule has 0 aliphatic carbocycles. The standard InChI is InChI=1S/C19H12N4O3S2/c24-17(10-7-12-5-8-13(9-6-12)23(25)26)22-19-21-15(11-27-19)18-20-14-3-1-2-4-16(14)28-18/h1-11H,(H,21,22,24)/b10-7+. The molecular weight excluding hydrogens is 396 g/mol. The Labute approximate surface area is 167 Å². The van der Waals surface area contributed by atoms with E-state index in [1.807, 2.05) is 29.6 Å². The van der Waals surface area contributed by atoms with Crippen LogP contribution in [0.15, 0.2) is 60.0 Å². The van der Waals surface area contributed by atoms with E-state index in [-0.39, 0.29) is 11.6 Å². The lowest BCUT2D eigenvalue weighted by Gasteiger charge is -1.96. The largest absolute Gasteiger partial charge is 0.298 e. The lowest BCUT2D eigenvalue weighted by Crippen LogP contribution is -2.07. The van der Waals surface area contributed by atoms with Crippen LogP contribution in [0.1, 0.15) is 5.56 Å². The van der Waals surface area contributed by atoms with Crippen LogP contribution in [0.5, 0.6) is 0 Å². The molecule has 0 unspecified atom stereocenters. The number of non-ortho nitro benzene ring substituents is 1. The predicted molar refractivity (Wildman–Crippen MR) is 111 cm³/mol. The van der Waals surface area contributed by atoms with Gasteiger partial charge in [-0.2, -0.15) is 0 Å². The molecule has 1 N–H and O–H groups in total.